The van der Waals surface area contributed by atoms with Crippen molar-refractivity contribution in [3.05, 3.63) is 76.2 Å². The van der Waals surface area contributed by atoms with E-state index in [0.717, 1.165) is 0 Å². The van der Waals surface area contributed by atoms with E-state index in [9.17, 15) is 14.7 Å². The first-order chi connectivity index (χ1) is 10.2. The first kappa shape index (κ1) is 13.2. The van der Waals surface area contributed by atoms with Crippen LogP contribution in [0.15, 0.2) is 59.4 Å². The normalized spacial score (nSPS) is 12.2. The molecule has 1 aromatic heterocycles. The highest BCUT2D eigenvalue weighted by Crippen LogP contribution is 2.16. The average Bonchev–Trinajstić information content (AvgIpc) is 2.53. The molecular formula is C16H12N2O3. The van der Waals surface area contributed by atoms with Gasteiger partial charge in [-0.05, 0) is 17.7 Å². The molecule has 3 aromatic rings. The summed E-state index contributed by atoms with van der Waals surface area (Å²) in [5.41, 5.74) is 0.588. The molecule has 0 spiro atoms. The standard InChI is InChI=1S/C16H12N2O3/c19-14(10-6-2-1-3-7-10)15(20)13-16(21)18-12-9-5-4-8-11(12)17-13/h1-9,14,19H,(H,18,21)/t14-/m1/s1. The number of H-pyrrole nitrogens is 1. The molecular weight excluding hydrogens is 268 g/mol. The molecule has 0 aliphatic rings. The van der Waals surface area contributed by atoms with Crippen LogP contribution < -0.4 is 5.56 Å². The maximum absolute atomic E-state index is 12.3. The Labute approximate surface area is 119 Å². The van der Waals surface area contributed by atoms with Gasteiger partial charge in [-0.25, -0.2) is 4.98 Å². The second kappa shape index (κ2) is 5.30. The number of nitrogens with one attached hydrogen (secondary N) is 1. The van der Waals surface area contributed by atoms with Crippen LogP contribution in [0.2, 0.25) is 0 Å². The Balaban J connectivity index is 2.06. The van der Waals surface area contributed by atoms with E-state index < -0.39 is 17.4 Å². The van der Waals surface area contributed by atoms with E-state index in [2.05, 4.69) is 9.97 Å². The smallest absolute Gasteiger partial charge is 0.278 e. The number of aromatic amines is 1. The minimum atomic E-state index is -1.40. The second-order valence-electron chi connectivity index (χ2n) is 4.61. The predicted molar refractivity (Wildman–Crippen MR) is 78.1 cm³/mol. The van der Waals surface area contributed by atoms with Crippen LogP contribution in [0.25, 0.3) is 11.0 Å². The van der Waals surface area contributed by atoms with Crippen LogP contribution in [0.1, 0.15) is 22.2 Å². The molecule has 104 valence electrons. The highest BCUT2D eigenvalue weighted by Gasteiger charge is 2.23. The molecule has 2 aromatic carbocycles. The number of rotatable bonds is 3. The molecule has 0 amide bonds. The number of aliphatic hydroxyl groups is 1. The number of carbonyl (C=O) groups is 1. The fourth-order valence-corrected chi connectivity index (χ4v) is 2.11. The van der Waals surface area contributed by atoms with Gasteiger partial charge in [0.1, 0.15) is 6.10 Å². The van der Waals surface area contributed by atoms with Gasteiger partial charge in [-0.2, -0.15) is 0 Å². The second-order valence-corrected chi connectivity index (χ2v) is 4.61. The van der Waals surface area contributed by atoms with Crippen LogP contribution >= 0.6 is 0 Å². The van der Waals surface area contributed by atoms with Gasteiger partial charge in [0.15, 0.2) is 5.69 Å². The zero-order valence-electron chi connectivity index (χ0n) is 11.0. The van der Waals surface area contributed by atoms with Crippen molar-refractivity contribution in [3.8, 4) is 0 Å². The van der Waals surface area contributed by atoms with Gasteiger partial charge < -0.3 is 10.1 Å². The van der Waals surface area contributed by atoms with Crippen LogP contribution in [-0.4, -0.2) is 20.9 Å². The van der Waals surface area contributed by atoms with E-state index in [4.69, 9.17) is 0 Å². The number of carbonyl (C=O) groups excluding carboxylic acids is 1. The molecule has 3 rings (SSSR count). The molecule has 21 heavy (non-hydrogen) atoms. The molecule has 0 saturated carbocycles. The Morgan fingerprint density at radius 1 is 1.05 bits per heavy atom. The molecule has 0 saturated heterocycles. The number of para-hydroxylation sites is 2. The van der Waals surface area contributed by atoms with Gasteiger partial charge >= 0.3 is 0 Å². The Hall–Kier alpha value is -2.79. The van der Waals surface area contributed by atoms with Gasteiger partial charge in [-0.1, -0.05) is 42.5 Å². The Kier molecular flexibility index (Phi) is 3.33. The molecule has 5 heteroatoms. The van der Waals surface area contributed by atoms with Crippen molar-refractivity contribution in [3.63, 3.8) is 0 Å². The SMILES string of the molecule is O=C(c1nc2ccccc2[nH]c1=O)[C@H](O)c1ccccc1. The van der Waals surface area contributed by atoms with Crippen LogP contribution in [0.4, 0.5) is 0 Å². The third-order valence-corrected chi connectivity index (χ3v) is 3.20. The number of fused-ring (bicyclic) bond motifs is 1. The molecule has 1 atom stereocenters. The van der Waals surface area contributed by atoms with Crippen molar-refractivity contribution >= 4 is 16.8 Å². The van der Waals surface area contributed by atoms with Crippen molar-refractivity contribution in [1.82, 2.24) is 9.97 Å². The number of hydrogen-bond acceptors (Lipinski definition) is 4. The van der Waals surface area contributed by atoms with Crippen molar-refractivity contribution in [1.29, 1.82) is 0 Å². The topological polar surface area (TPSA) is 83.0 Å². The minimum Gasteiger partial charge on any atom is -0.380 e. The van der Waals surface area contributed by atoms with Gasteiger partial charge in [0.2, 0.25) is 5.78 Å². The lowest BCUT2D eigenvalue weighted by Crippen LogP contribution is -2.24. The van der Waals surface area contributed by atoms with Crippen LogP contribution in [-0.2, 0) is 0 Å². The van der Waals surface area contributed by atoms with E-state index in [1.54, 1.807) is 54.6 Å². The zero-order chi connectivity index (χ0) is 14.8. The van der Waals surface area contributed by atoms with Crippen molar-refractivity contribution in [2.45, 2.75) is 6.10 Å². The zero-order valence-corrected chi connectivity index (χ0v) is 11.0. The van der Waals surface area contributed by atoms with Crippen LogP contribution in [0.3, 0.4) is 0 Å². The Morgan fingerprint density at radius 2 is 1.71 bits per heavy atom. The highest BCUT2D eigenvalue weighted by molar-refractivity contribution is 5.99. The third-order valence-electron chi connectivity index (χ3n) is 3.20. The summed E-state index contributed by atoms with van der Waals surface area (Å²) >= 11 is 0. The highest BCUT2D eigenvalue weighted by atomic mass is 16.3. The van der Waals surface area contributed by atoms with E-state index in [-0.39, 0.29) is 5.69 Å². The predicted octanol–water partition coefficient (Wildman–Crippen LogP) is 1.84. The number of hydrogen-bond donors (Lipinski definition) is 2. The van der Waals surface area contributed by atoms with E-state index >= 15 is 0 Å². The molecule has 5 nitrogen and oxygen atoms in total. The molecule has 1 heterocycles. The monoisotopic (exact) mass is 280 g/mol. The fraction of sp³-hybridized carbons (Fsp3) is 0.0625. The molecule has 0 bridgehead atoms. The molecule has 2 N–H and O–H groups in total. The Bertz CT molecular complexity index is 856. The lowest BCUT2D eigenvalue weighted by molar-refractivity contribution is 0.0740. The summed E-state index contributed by atoms with van der Waals surface area (Å²) in [6, 6.07) is 15.4. The van der Waals surface area contributed by atoms with Crippen LogP contribution in [0.5, 0.6) is 0 Å². The van der Waals surface area contributed by atoms with Gasteiger partial charge in [0.05, 0.1) is 11.0 Å². The number of benzene rings is 2. The maximum atomic E-state index is 12.3. The van der Waals surface area contributed by atoms with Gasteiger partial charge in [-0.3, -0.25) is 9.59 Å². The third kappa shape index (κ3) is 2.46. The first-order valence-electron chi connectivity index (χ1n) is 6.43. The molecule has 0 aliphatic heterocycles. The largest absolute Gasteiger partial charge is 0.380 e. The van der Waals surface area contributed by atoms with Crippen molar-refractivity contribution < 1.29 is 9.90 Å². The summed E-state index contributed by atoms with van der Waals surface area (Å²) < 4.78 is 0. The van der Waals surface area contributed by atoms with Gasteiger partial charge in [0, 0.05) is 0 Å². The summed E-state index contributed by atoms with van der Waals surface area (Å²) in [5.74, 6) is -0.715. The number of aromatic nitrogens is 2. The molecule has 0 unspecified atom stereocenters. The quantitative estimate of drug-likeness (QED) is 0.717. The molecule has 0 aliphatic carbocycles. The summed E-state index contributed by atoms with van der Waals surface area (Å²) in [6.45, 7) is 0. The summed E-state index contributed by atoms with van der Waals surface area (Å²) in [5, 5.41) is 10.1. The van der Waals surface area contributed by atoms with Gasteiger partial charge in [-0.15, -0.1) is 0 Å². The molecule has 0 fully saturated rings. The van der Waals surface area contributed by atoms with Crippen molar-refractivity contribution in [2.75, 3.05) is 0 Å². The minimum absolute atomic E-state index is 0.287. The molecule has 0 radical (unpaired) electrons. The van der Waals surface area contributed by atoms with E-state index in [1.807, 2.05) is 0 Å². The maximum Gasteiger partial charge on any atom is 0.278 e. The Morgan fingerprint density at radius 3 is 2.48 bits per heavy atom. The number of aliphatic hydroxyl groups excluding tert-OH is 1. The van der Waals surface area contributed by atoms with E-state index in [1.165, 1.54) is 0 Å². The summed E-state index contributed by atoms with van der Waals surface area (Å²) in [4.78, 5) is 30.9. The summed E-state index contributed by atoms with van der Waals surface area (Å²) in [6.07, 6.45) is -1.40. The van der Waals surface area contributed by atoms with Gasteiger partial charge in [0.25, 0.3) is 5.56 Å². The summed E-state index contributed by atoms with van der Waals surface area (Å²) in [7, 11) is 0. The van der Waals surface area contributed by atoms with Crippen molar-refractivity contribution in [2.24, 2.45) is 0 Å². The first-order valence-corrected chi connectivity index (χ1v) is 6.43. The lowest BCUT2D eigenvalue weighted by atomic mass is 10.0. The lowest BCUT2D eigenvalue weighted by Gasteiger charge is -2.09. The fourth-order valence-electron chi connectivity index (χ4n) is 2.11. The van der Waals surface area contributed by atoms with Crippen LogP contribution in [0, 0.1) is 0 Å². The average molecular weight is 280 g/mol. The van der Waals surface area contributed by atoms with E-state index in [0.29, 0.717) is 16.6 Å². The number of ketones is 1. The number of nitrogens with zero attached hydrogens (tertiary/aromatic N) is 1. The number of Topliss-reactive ketones (excluding diaryl/α,β-unsaturated/α-hetero) is 1.